The molecule has 1 atom stereocenters. The van der Waals surface area contributed by atoms with Gasteiger partial charge in [-0.25, -0.2) is 4.79 Å². The number of amides is 1. The van der Waals surface area contributed by atoms with Crippen molar-refractivity contribution in [2.75, 3.05) is 13.2 Å². The number of nitrogens with zero attached hydrogens (tertiary/aromatic N) is 3. The minimum absolute atomic E-state index is 0.0325. The zero-order chi connectivity index (χ0) is 16.1. The molecular formula is C16H20N4O3. The fourth-order valence-electron chi connectivity index (χ4n) is 2.55. The summed E-state index contributed by atoms with van der Waals surface area (Å²) in [6.45, 7) is 1.40. The van der Waals surface area contributed by atoms with Crippen LogP contribution in [0.15, 0.2) is 30.7 Å². The van der Waals surface area contributed by atoms with Crippen molar-refractivity contribution in [1.82, 2.24) is 20.1 Å². The molecule has 23 heavy (non-hydrogen) atoms. The maximum Gasteiger partial charge on any atom is 0.407 e. The number of alkyl carbamates (subject to hydrolysis) is 1. The lowest BCUT2D eigenvalue weighted by Gasteiger charge is -2.12. The Hall–Kier alpha value is -2.41. The summed E-state index contributed by atoms with van der Waals surface area (Å²) in [5, 5.41) is 6.91. The third kappa shape index (κ3) is 4.07. The van der Waals surface area contributed by atoms with Gasteiger partial charge in [0.05, 0.1) is 18.0 Å². The molecule has 0 aliphatic carbocycles. The summed E-state index contributed by atoms with van der Waals surface area (Å²) in [4.78, 5) is 16.2. The van der Waals surface area contributed by atoms with Crippen LogP contribution < -0.4 is 5.32 Å². The summed E-state index contributed by atoms with van der Waals surface area (Å²) in [5.74, 6) is 0. The van der Waals surface area contributed by atoms with Gasteiger partial charge in [0.15, 0.2) is 0 Å². The quantitative estimate of drug-likeness (QED) is 0.911. The molecule has 1 amide bonds. The SMILES string of the molecule is Cn1cc(-c2ncccc2CNC(=O)OCC2CCCO2)cn1. The second-order valence-electron chi connectivity index (χ2n) is 5.50. The van der Waals surface area contributed by atoms with Crippen molar-refractivity contribution in [3.05, 3.63) is 36.3 Å². The Kier molecular flexibility index (Phi) is 4.87. The number of rotatable bonds is 5. The Labute approximate surface area is 134 Å². The van der Waals surface area contributed by atoms with Gasteiger partial charge in [-0.1, -0.05) is 6.07 Å². The number of aryl methyl sites for hydroxylation is 1. The predicted octanol–water partition coefficient (Wildman–Crippen LogP) is 1.89. The molecule has 0 saturated carbocycles. The molecule has 1 saturated heterocycles. The summed E-state index contributed by atoms with van der Waals surface area (Å²) >= 11 is 0. The second-order valence-corrected chi connectivity index (χ2v) is 5.50. The summed E-state index contributed by atoms with van der Waals surface area (Å²) in [6.07, 6.45) is 6.93. The van der Waals surface area contributed by atoms with Crippen LogP contribution in [0.2, 0.25) is 0 Å². The van der Waals surface area contributed by atoms with Crippen molar-refractivity contribution >= 4 is 6.09 Å². The molecule has 0 spiro atoms. The molecular weight excluding hydrogens is 296 g/mol. The van der Waals surface area contributed by atoms with Crippen molar-refractivity contribution in [3.8, 4) is 11.3 Å². The van der Waals surface area contributed by atoms with Gasteiger partial charge < -0.3 is 14.8 Å². The van der Waals surface area contributed by atoms with E-state index in [0.717, 1.165) is 36.3 Å². The number of pyridine rings is 1. The molecule has 0 radical (unpaired) electrons. The van der Waals surface area contributed by atoms with Gasteiger partial charge in [-0.2, -0.15) is 5.10 Å². The standard InChI is InChI=1S/C16H20N4O3/c1-20-10-13(9-19-20)15-12(4-2-6-17-15)8-18-16(21)23-11-14-5-3-7-22-14/h2,4,6,9-10,14H,3,5,7-8,11H2,1H3,(H,18,21). The first-order chi connectivity index (χ1) is 11.2. The largest absolute Gasteiger partial charge is 0.447 e. The van der Waals surface area contributed by atoms with Gasteiger partial charge in [-0.15, -0.1) is 0 Å². The van der Waals surface area contributed by atoms with E-state index in [4.69, 9.17) is 9.47 Å². The molecule has 0 bridgehead atoms. The normalized spacial score (nSPS) is 17.2. The lowest BCUT2D eigenvalue weighted by Crippen LogP contribution is -2.27. The first-order valence-corrected chi connectivity index (χ1v) is 7.67. The predicted molar refractivity (Wildman–Crippen MR) is 83.6 cm³/mol. The molecule has 122 valence electrons. The van der Waals surface area contributed by atoms with Crippen LogP contribution in [0.1, 0.15) is 18.4 Å². The molecule has 3 rings (SSSR count). The maximum absolute atomic E-state index is 11.8. The van der Waals surface area contributed by atoms with Crippen molar-refractivity contribution in [2.45, 2.75) is 25.5 Å². The van der Waals surface area contributed by atoms with Gasteiger partial charge >= 0.3 is 6.09 Å². The Balaban J connectivity index is 1.56. The molecule has 0 aromatic carbocycles. The summed E-state index contributed by atoms with van der Waals surface area (Å²) in [7, 11) is 1.85. The van der Waals surface area contributed by atoms with E-state index in [-0.39, 0.29) is 6.10 Å². The van der Waals surface area contributed by atoms with E-state index < -0.39 is 6.09 Å². The fraction of sp³-hybridized carbons (Fsp3) is 0.438. The van der Waals surface area contributed by atoms with Crippen LogP contribution in [-0.4, -0.2) is 40.2 Å². The second kappa shape index (κ2) is 7.23. The van der Waals surface area contributed by atoms with E-state index in [0.29, 0.717) is 13.2 Å². The maximum atomic E-state index is 11.8. The van der Waals surface area contributed by atoms with E-state index in [1.165, 1.54) is 0 Å². The van der Waals surface area contributed by atoms with Gasteiger partial charge in [0, 0.05) is 38.2 Å². The molecule has 3 heterocycles. The van der Waals surface area contributed by atoms with E-state index in [9.17, 15) is 4.79 Å². The molecule has 7 heteroatoms. The van der Waals surface area contributed by atoms with E-state index >= 15 is 0 Å². The lowest BCUT2D eigenvalue weighted by molar-refractivity contribution is 0.0437. The average molecular weight is 316 g/mol. The molecule has 1 unspecified atom stereocenters. The number of carbonyl (C=O) groups is 1. The van der Waals surface area contributed by atoms with Crippen molar-refractivity contribution in [1.29, 1.82) is 0 Å². The van der Waals surface area contributed by atoms with Gasteiger partial charge in [0.1, 0.15) is 6.61 Å². The zero-order valence-corrected chi connectivity index (χ0v) is 13.1. The third-order valence-corrected chi connectivity index (χ3v) is 3.72. The topological polar surface area (TPSA) is 78.3 Å². The van der Waals surface area contributed by atoms with Crippen LogP contribution in [0.25, 0.3) is 11.3 Å². The van der Waals surface area contributed by atoms with Gasteiger partial charge in [-0.3, -0.25) is 9.67 Å². The Bertz CT molecular complexity index is 665. The van der Waals surface area contributed by atoms with E-state index in [1.54, 1.807) is 17.1 Å². The number of nitrogens with one attached hydrogen (secondary N) is 1. The van der Waals surface area contributed by atoms with Crippen LogP contribution in [0.3, 0.4) is 0 Å². The Morgan fingerprint density at radius 1 is 1.57 bits per heavy atom. The number of hydrogen-bond donors (Lipinski definition) is 1. The molecule has 1 fully saturated rings. The summed E-state index contributed by atoms with van der Waals surface area (Å²) in [5.41, 5.74) is 2.63. The first-order valence-electron chi connectivity index (χ1n) is 7.67. The van der Waals surface area contributed by atoms with Gasteiger partial charge in [-0.05, 0) is 24.5 Å². The highest BCUT2D eigenvalue weighted by molar-refractivity contribution is 5.68. The Morgan fingerprint density at radius 3 is 3.22 bits per heavy atom. The number of hydrogen-bond acceptors (Lipinski definition) is 5. The van der Waals surface area contributed by atoms with Crippen LogP contribution >= 0.6 is 0 Å². The highest BCUT2D eigenvalue weighted by atomic mass is 16.6. The minimum Gasteiger partial charge on any atom is -0.447 e. The highest BCUT2D eigenvalue weighted by Gasteiger charge is 2.17. The van der Waals surface area contributed by atoms with Crippen molar-refractivity contribution < 1.29 is 14.3 Å². The summed E-state index contributed by atoms with van der Waals surface area (Å²) in [6, 6.07) is 3.77. The number of aromatic nitrogens is 3. The monoisotopic (exact) mass is 316 g/mol. The van der Waals surface area contributed by atoms with E-state index in [1.807, 2.05) is 25.4 Å². The van der Waals surface area contributed by atoms with Crippen LogP contribution in [0.4, 0.5) is 4.79 Å². The van der Waals surface area contributed by atoms with Crippen LogP contribution in [0, 0.1) is 0 Å². The van der Waals surface area contributed by atoms with Gasteiger partial charge in [0.2, 0.25) is 0 Å². The van der Waals surface area contributed by atoms with E-state index in [2.05, 4.69) is 15.4 Å². The Morgan fingerprint density at radius 2 is 2.48 bits per heavy atom. The highest BCUT2D eigenvalue weighted by Crippen LogP contribution is 2.20. The average Bonchev–Trinajstić information content (AvgIpc) is 3.22. The molecule has 1 N–H and O–H groups in total. The number of carbonyl (C=O) groups excluding carboxylic acids is 1. The lowest BCUT2D eigenvalue weighted by atomic mass is 10.1. The molecule has 2 aromatic rings. The fourth-order valence-corrected chi connectivity index (χ4v) is 2.55. The van der Waals surface area contributed by atoms with Crippen LogP contribution in [0.5, 0.6) is 0 Å². The molecule has 2 aromatic heterocycles. The number of ether oxygens (including phenoxy) is 2. The first kappa shape index (κ1) is 15.5. The zero-order valence-electron chi connectivity index (χ0n) is 13.1. The molecule has 1 aliphatic heterocycles. The van der Waals surface area contributed by atoms with Gasteiger partial charge in [0.25, 0.3) is 0 Å². The molecule has 1 aliphatic rings. The van der Waals surface area contributed by atoms with Crippen LogP contribution in [-0.2, 0) is 23.1 Å². The van der Waals surface area contributed by atoms with Crippen molar-refractivity contribution in [3.63, 3.8) is 0 Å². The smallest absolute Gasteiger partial charge is 0.407 e. The van der Waals surface area contributed by atoms with Crippen molar-refractivity contribution in [2.24, 2.45) is 7.05 Å². The molecule has 7 nitrogen and oxygen atoms in total. The third-order valence-electron chi connectivity index (χ3n) is 3.72. The minimum atomic E-state index is -0.443. The summed E-state index contributed by atoms with van der Waals surface area (Å²) < 4.78 is 12.3.